The van der Waals surface area contributed by atoms with Gasteiger partial charge in [-0.2, -0.15) is 0 Å². The summed E-state index contributed by atoms with van der Waals surface area (Å²) >= 11 is 0. The lowest BCUT2D eigenvalue weighted by Gasteiger charge is -2.23. The molecule has 4 N–H and O–H groups in total. The Morgan fingerprint density at radius 1 is 1.41 bits per heavy atom. The standard InChI is InChI=1S/C13H22N2O2/c1-13(2,3)15-8-11(16)9-5-6-10(14)12(7-9)17-4/h5-7,11,15-16H,8,14H2,1-4H3. The van der Waals surface area contributed by atoms with Gasteiger partial charge in [0.1, 0.15) is 5.75 Å². The SMILES string of the molecule is COc1cc(C(O)CNC(C)(C)C)ccc1N. The maximum absolute atomic E-state index is 10.0. The van der Waals surface area contributed by atoms with E-state index in [0.29, 0.717) is 18.0 Å². The van der Waals surface area contributed by atoms with E-state index in [1.54, 1.807) is 19.2 Å². The summed E-state index contributed by atoms with van der Waals surface area (Å²) in [6.45, 7) is 6.67. The zero-order chi connectivity index (χ0) is 13.1. The van der Waals surface area contributed by atoms with Crippen LogP contribution in [0.15, 0.2) is 18.2 Å². The van der Waals surface area contributed by atoms with Gasteiger partial charge in [0.15, 0.2) is 0 Å². The molecule has 4 heteroatoms. The first-order valence-electron chi connectivity index (χ1n) is 5.70. The van der Waals surface area contributed by atoms with E-state index in [-0.39, 0.29) is 5.54 Å². The number of rotatable bonds is 4. The van der Waals surface area contributed by atoms with Crippen molar-refractivity contribution in [3.8, 4) is 5.75 Å². The van der Waals surface area contributed by atoms with Crippen molar-refractivity contribution in [1.82, 2.24) is 5.32 Å². The predicted molar refractivity (Wildman–Crippen MR) is 70.1 cm³/mol. The lowest BCUT2D eigenvalue weighted by molar-refractivity contribution is 0.163. The monoisotopic (exact) mass is 238 g/mol. The maximum Gasteiger partial charge on any atom is 0.142 e. The molecule has 96 valence electrons. The van der Waals surface area contributed by atoms with E-state index in [2.05, 4.69) is 26.1 Å². The van der Waals surface area contributed by atoms with Gasteiger partial charge in [0.2, 0.25) is 0 Å². The van der Waals surface area contributed by atoms with Gasteiger partial charge in [-0.3, -0.25) is 0 Å². The third-order valence-corrected chi connectivity index (χ3v) is 2.47. The number of ether oxygens (including phenoxy) is 1. The van der Waals surface area contributed by atoms with Crippen LogP contribution < -0.4 is 15.8 Å². The minimum absolute atomic E-state index is 0.0150. The number of aliphatic hydroxyl groups excluding tert-OH is 1. The number of benzene rings is 1. The van der Waals surface area contributed by atoms with Crippen molar-refractivity contribution >= 4 is 5.69 Å². The molecular weight excluding hydrogens is 216 g/mol. The van der Waals surface area contributed by atoms with Gasteiger partial charge in [0.05, 0.1) is 18.9 Å². The van der Waals surface area contributed by atoms with Crippen molar-refractivity contribution in [2.75, 3.05) is 19.4 Å². The molecule has 0 fully saturated rings. The Bertz CT molecular complexity index is 372. The molecule has 1 aromatic rings. The van der Waals surface area contributed by atoms with Crippen LogP contribution in [0, 0.1) is 0 Å². The number of aliphatic hydroxyl groups is 1. The fraction of sp³-hybridized carbons (Fsp3) is 0.538. The molecule has 17 heavy (non-hydrogen) atoms. The van der Waals surface area contributed by atoms with Crippen LogP contribution in [0.1, 0.15) is 32.4 Å². The molecule has 0 heterocycles. The fourth-order valence-electron chi connectivity index (χ4n) is 1.46. The first-order valence-corrected chi connectivity index (χ1v) is 5.70. The van der Waals surface area contributed by atoms with Crippen molar-refractivity contribution < 1.29 is 9.84 Å². The fourth-order valence-corrected chi connectivity index (χ4v) is 1.46. The average Bonchev–Trinajstić information content (AvgIpc) is 2.25. The molecule has 0 aliphatic heterocycles. The lowest BCUT2D eigenvalue weighted by Crippen LogP contribution is -2.38. The van der Waals surface area contributed by atoms with Crippen LogP contribution >= 0.6 is 0 Å². The molecule has 0 aliphatic rings. The van der Waals surface area contributed by atoms with Crippen LogP contribution in [-0.4, -0.2) is 24.3 Å². The zero-order valence-corrected chi connectivity index (χ0v) is 10.9. The molecule has 1 atom stereocenters. The van der Waals surface area contributed by atoms with E-state index in [1.165, 1.54) is 0 Å². The van der Waals surface area contributed by atoms with Crippen LogP contribution in [0.2, 0.25) is 0 Å². The first-order chi connectivity index (χ1) is 7.83. The first kappa shape index (κ1) is 13.8. The molecule has 0 aliphatic carbocycles. The maximum atomic E-state index is 10.0. The molecule has 0 bridgehead atoms. The van der Waals surface area contributed by atoms with E-state index >= 15 is 0 Å². The van der Waals surface area contributed by atoms with Gasteiger partial charge in [-0.25, -0.2) is 0 Å². The summed E-state index contributed by atoms with van der Waals surface area (Å²) < 4.78 is 5.12. The number of methoxy groups -OCH3 is 1. The van der Waals surface area contributed by atoms with Crippen molar-refractivity contribution in [1.29, 1.82) is 0 Å². The van der Waals surface area contributed by atoms with Crippen molar-refractivity contribution in [2.45, 2.75) is 32.4 Å². The number of nitrogens with one attached hydrogen (secondary N) is 1. The lowest BCUT2D eigenvalue weighted by atomic mass is 10.1. The number of β-amino-alcohol motifs (C(OH)–C–C–N with tert-alkyl or cyclic N) is 1. The molecule has 1 aromatic carbocycles. The van der Waals surface area contributed by atoms with Crippen LogP contribution in [0.25, 0.3) is 0 Å². The highest BCUT2D eigenvalue weighted by molar-refractivity contribution is 5.54. The van der Waals surface area contributed by atoms with Crippen molar-refractivity contribution in [3.63, 3.8) is 0 Å². The summed E-state index contributed by atoms with van der Waals surface area (Å²) in [6.07, 6.45) is -0.566. The van der Waals surface area contributed by atoms with Crippen molar-refractivity contribution in [3.05, 3.63) is 23.8 Å². The van der Waals surface area contributed by atoms with Crippen molar-refractivity contribution in [2.24, 2.45) is 0 Å². The molecule has 0 amide bonds. The summed E-state index contributed by atoms with van der Waals surface area (Å²) in [5, 5.41) is 13.3. The molecule has 0 spiro atoms. The van der Waals surface area contributed by atoms with Gasteiger partial charge in [0.25, 0.3) is 0 Å². The molecular formula is C13H22N2O2. The van der Waals surface area contributed by atoms with Gasteiger partial charge < -0.3 is 20.9 Å². The minimum Gasteiger partial charge on any atom is -0.495 e. The molecule has 4 nitrogen and oxygen atoms in total. The minimum atomic E-state index is -0.566. The Hall–Kier alpha value is -1.26. The predicted octanol–water partition coefficient (Wildman–Crippen LogP) is 1.70. The number of hydrogen-bond acceptors (Lipinski definition) is 4. The Morgan fingerprint density at radius 2 is 2.06 bits per heavy atom. The molecule has 0 saturated carbocycles. The Balaban J connectivity index is 2.72. The van der Waals surface area contributed by atoms with Gasteiger partial charge in [-0.05, 0) is 38.5 Å². The summed E-state index contributed by atoms with van der Waals surface area (Å²) in [7, 11) is 1.56. The van der Waals surface area contributed by atoms with Crippen LogP contribution in [0.3, 0.4) is 0 Å². The normalized spacial score (nSPS) is 13.5. The van der Waals surface area contributed by atoms with Gasteiger partial charge in [-0.1, -0.05) is 6.07 Å². The second-order valence-electron chi connectivity index (χ2n) is 5.15. The number of anilines is 1. The molecule has 1 rings (SSSR count). The summed E-state index contributed by atoms with van der Waals surface area (Å²) in [4.78, 5) is 0. The Labute approximate surface area is 103 Å². The summed E-state index contributed by atoms with van der Waals surface area (Å²) in [5.41, 5.74) is 7.08. The van der Waals surface area contributed by atoms with Crippen LogP contribution in [0.5, 0.6) is 5.75 Å². The smallest absolute Gasteiger partial charge is 0.142 e. The number of hydrogen-bond donors (Lipinski definition) is 3. The second-order valence-corrected chi connectivity index (χ2v) is 5.15. The summed E-state index contributed by atoms with van der Waals surface area (Å²) in [6, 6.07) is 5.33. The topological polar surface area (TPSA) is 67.5 Å². The molecule has 0 aromatic heterocycles. The van der Waals surface area contributed by atoms with E-state index in [0.717, 1.165) is 5.56 Å². The third kappa shape index (κ3) is 4.24. The highest BCUT2D eigenvalue weighted by Crippen LogP contribution is 2.25. The van der Waals surface area contributed by atoms with E-state index < -0.39 is 6.10 Å². The van der Waals surface area contributed by atoms with Gasteiger partial charge >= 0.3 is 0 Å². The number of nitrogens with two attached hydrogens (primary N) is 1. The van der Waals surface area contributed by atoms with Gasteiger partial charge in [0, 0.05) is 12.1 Å². The quantitative estimate of drug-likeness (QED) is 0.698. The highest BCUT2D eigenvalue weighted by Gasteiger charge is 2.14. The third-order valence-electron chi connectivity index (χ3n) is 2.47. The zero-order valence-electron chi connectivity index (χ0n) is 10.9. The Morgan fingerprint density at radius 3 is 2.59 bits per heavy atom. The van der Waals surface area contributed by atoms with Crippen LogP contribution in [-0.2, 0) is 0 Å². The van der Waals surface area contributed by atoms with E-state index in [1.807, 2.05) is 6.07 Å². The highest BCUT2D eigenvalue weighted by atomic mass is 16.5. The van der Waals surface area contributed by atoms with Gasteiger partial charge in [-0.15, -0.1) is 0 Å². The van der Waals surface area contributed by atoms with E-state index in [4.69, 9.17) is 10.5 Å². The summed E-state index contributed by atoms with van der Waals surface area (Å²) in [5.74, 6) is 0.595. The molecule has 0 saturated heterocycles. The molecule has 1 unspecified atom stereocenters. The average molecular weight is 238 g/mol. The largest absolute Gasteiger partial charge is 0.495 e. The second kappa shape index (κ2) is 5.38. The van der Waals surface area contributed by atoms with Crippen LogP contribution in [0.4, 0.5) is 5.69 Å². The molecule has 0 radical (unpaired) electrons. The number of nitrogen functional groups attached to an aromatic ring is 1. The van der Waals surface area contributed by atoms with E-state index in [9.17, 15) is 5.11 Å². The Kier molecular flexibility index (Phi) is 4.37.